The van der Waals surface area contributed by atoms with Crippen LogP contribution in [-0.4, -0.2) is 51.8 Å². The van der Waals surface area contributed by atoms with Gasteiger partial charge >= 0.3 is 0 Å². The molecule has 0 spiro atoms. The number of benzene rings is 2. The van der Waals surface area contributed by atoms with Crippen molar-refractivity contribution in [3.8, 4) is 29.1 Å². The van der Waals surface area contributed by atoms with E-state index in [1.165, 1.54) is 11.8 Å². The Hall–Kier alpha value is -3.51. The molecule has 4 rings (SSSR count). The van der Waals surface area contributed by atoms with Crippen molar-refractivity contribution in [3.05, 3.63) is 52.6 Å². The number of anilines is 1. The van der Waals surface area contributed by atoms with Crippen LogP contribution in [0.3, 0.4) is 0 Å². The molecule has 1 atom stereocenters. The molecule has 33 heavy (non-hydrogen) atoms. The second-order valence-electron chi connectivity index (χ2n) is 7.52. The fraction of sp³-hybridized carbons (Fsp3) is 0.333. The van der Waals surface area contributed by atoms with E-state index in [1.807, 2.05) is 30.3 Å². The Morgan fingerprint density at radius 3 is 2.39 bits per heavy atom. The van der Waals surface area contributed by atoms with E-state index in [0.717, 1.165) is 11.3 Å². The molecule has 9 heteroatoms. The molecule has 0 saturated carbocycles. The van der Waals surface area contributed by atoms with E-state index >= 15 is 0 Å². The topological polar surface area (TPSA) is 84.3 Å². The number of ether oxygens (including phenoxy) is 4. The molecule has 0 bridgehead atoms. The highest BCUT2D eigenvalue weighted by Gasteiger charge is 2.39. The zero-order valence-corrected chi connectivity index (χ0v) is 19.8. The Kier molecular flexibility index (Phi) is 6.56. The number of carbonyl (C=O) groups excluding carboxylic acids is 1. The van der Waals surface area contributed by atoms with Gasteiger partial charge in [-0.05, 0) is 29.8 Å². The third-order valence-corrected chi connectivity index (χ3v) is 6.99. The summed E-state index contributed by atoms with van der Waals surface area (Å²) in [7, 11) is 6.35. The minimum atomic E-state index is -0.330. The minimum Gasteiger partial charge on any atom is -0.497 e. The number of nitrogens with zero attached hydrogens (tertiary/aromatic N) is 3. The maximum Gasteiger partial charge on any atom is 0.229 e. The third kappa shape index (κ3) is 4.14. The van der Waals surface area contributed by atoms with E-state index in [2.05, 4.69) is 11.0 Å². The van der Waals surface area contributed by atoms with Crippen LogP contribution in [0.5, 0.6) is 23.0 Å². The number of allylic oxidation sites excluding steroid dienone is 1. The van der Waals surface area contributed by atoms with E-state index in [4.69, 9.17) is 18.9 Å². The molecule has 2 aromatic rings. The molecule has 2 heterocycles. The van der Waals surface area contributed by atoms with Crippen LogP contribution in [-0.2, 0) is 4.79 Å². The molecule has 2 aliphatic rings. The van der Waals surface area contributed by atoms with Gasteiger partial charge in [0.2, 0.25) is 5.91 Å². The molecule has 2 aliphatic heterocycles. The maximum absolute atomic E-state index is 13.2. The summed E-state index contributed by atoms with van der Waals surface area (Å²) < 4.78 is 21.6. The average Bonchev–Trinajstić information content (AvgIpc) is 2.87. The van der Waals surface area contributed by atoms with E-state index < -0.39 is 0 Å². The third-order valence-electron chi connectivity index (χ3n) is 5.83. The zero-order valence-electron chi connectivity index (χ0n) is 19.0. The summed E-state index contributed by atoms with van der Waals surface area (Å²) in [5, 5.41) is 10.7. The number of amides is 1. The lowest BCUT2D eigenvalue weighted by atomic mass is 9.86. The molecule has 0 radical (unpaired) electrons. The molecule has 1 fully saturated rings. The molecule has 0 N–H and O–H groups in total. The highest BCUT2D eigenvalue weighted by atomic mass is 32.2. The predicted octanol–water partition coefficient (Wildman–Crippen LogP) is 3.94. The number of hydrogen-bond donors (Lipinski definition) is 0. The Labute approximate surface area is 197 Å². The minimum absolute atomic E-state index is 0.0338. The van der Waals surface area contributed by atoms with Gasteiger partial charge in [-0.3, -0.25) is 9.69 Å². The smallest absolute Gasteiger partial charge is 0.229 e. The van der Waals surface area contributed by atoms with Crippen molar-refractivity contribution >= 4 is 23.4 Å². The SMILES string of the molecule is COc1ccc(N2CSC3=C(C#N)[C@@H](c4ccc(OC)c(OC)c4)CC(=O)N3C2)c(OC)c1. The largest absolute Gasteiger partial charge is 0.497 e. The fourth-order valence-electron chi connectivity index (χ4n) is 4.12. The summed E-state index contributed by atoms with van der Waals surface area (Å²) in [6.45, 7) is 0.341. The van der Waals surface area contributed by atoms with E-state index in [9.17, 15) is 10.1 Å². The monoisotopic (exact) mass is 467 g/mol. The van der Waals surface area contributed by atoms with Crippen molar-refractivity contribution in [2.75, 3.05) is 45.9 Å². The zero-order chi connectivity index (χ0) is 23.5. The van der Waals surface area contributed by atoms with Crippen molar-refractivity contribution in [1.82, 2.24) is 4.90 Å². The van der Waals surface area contributed by atoms with E-state index in [1.54, 1.807) is 39.4 Å². The summed E-state index contributed by atoms with van der Waals surface area (Å²) in [5.74, 6) is 2.74. The van der Waals surface area contributed by atoms with Crippen molar-refractivity contribution in [1.29, 1.82) is 5.26 Å². The van der Waals surface area contributed by atoms with Gasteiger partial charge in [-0.25, -0.2) is 0 Å². The van der Waals surface area contributed by atoms with Gasteiger partial charge in [-0.2, -0.15) is 5.26 Å². The van der Waals surface area contributed by atoms with Crippen LogP contribution in [0.2, 0.25) is 0 Å². The second kappa shape index (κ2) is 9.55. The molecular weight excluding hydrogens is 442 g/mol. The lowest BCUT2D eigenvalue weighted by molar-refractivity contribution is -0.129. The first-order valence-corrected chi connectivity index (χ1v) is 11.3. The molecule has 0 aromatic heterocycles. The molecule has 1 saturated heterocycles. The number of fused-ring (bicyclic) bond motifs is 1. The van der Waals surface area contributed by atoms with Gasteiger partial charge in [-0.15, -0.1) is 0 Å². The quantitative estimate of drug-likeness (QED) is 0.632. The van der Waals surface area contributed by atoms with E-state index in [-0.39, 0.29) is 18.2 Å². The van der Waals surface area contributed by atoms with Crippen LogP contribution in [0.4, 0.5) is 5.69 Å². The van der Waals surface area contributed by atoms with Crippen LogP contribution >= 0.6 is 11.8 Å². The summed E-state index contributed by atoms with van der Waals surface area (Å²) >= 11 is 1.48. The summed E-state index contributed by atoms with van der Waals surface area (Å²) in [4.78, 5) is 17.0. The highest BCUT2D eigenvalue weighted by Crippen LogP contribution is 2.45. The van der Waals surface area contributed by atoms with Crippen molar-refractivity contribution in [2.45, 2.75) is 12.3 Å². The number of rotatable bonds is 6. The van der Waals surface area contributed by atoms with Crippen LogP contribution in [0.1, 0.15) is 17.9 Å². The summed E-state index contributed by atoms with van der Waals surface area (Å²) in [5.41, 5.74) is 2.30. The number of methoxy groups -OCH3 is 4. The summed E-state index contributed by atoms with van der Waals surface area (Å²) in [6.07, 6.45) is 0.204. The predicted molar refractivity (Wildman–Crippen MR) is 126 cm³/mol. The first kappa shape index (κ1) is 22.7. The lowest BCUT2D eigenvalue weighted by Gasteiger charge is -2.42. The Balaban J connectivity index is 1.66. The van der Waals surface area contributed by atoms with Gasteiger partial charge in [-0.1, -0.05) is 17.8 Å². The number of nitriles is 1. The van der Waals surface area contributed by atoms with Crippen LogP contribution in [0.15, 0.2) is 47.0 Å². The molecule has 172 valence electrons. The van der Waals surface area contributed by atoms with Gasteiger partial charge in [0.15, 0.2) is 11.5 Å². The molecular formula is C24H25N3O5S. The maximum atomic E-state index is 13.2. The fourth-order valence-corrected chi connectivity index (χ4v) is 5.27. The molecule has 0 unspecified atom stereocenters. The highest BCUT2D eigenvalue weighted by molar-refractivity contribution is 8.03. The molecule has 2 aromatic carbocycles. The Morgan fingerprint density at radius 2 is 1.73 bits per heavy atom. The van der Waals surface area contributed by atoms with Gasteiger partial charge in [0.25, 0.3) is 0 Å². The second-order valence-corrected chi connectivity index (χ2v) is 8.45. The normalized spacial score (nSPS) is 17.9. The molecule has 0 aliphatic carbocycles. The number of hydrogen-bond acceptors (Lipinski definition) is 8. The molecule has 8 nitrogen and oxygen atoms in total. The van der Waals surface area contributed by atoms with Crippen molar-refractivity contribution in [2.24, 2.45) is 0 Å². The van der Waals surface area contributed by atoms with Gasteiger partial charge in [0, 0.05) is 18.4 Å². The van der Waals surface area contributed by atoms with Crippen molar-refractivity contribution in [3.63, 3.8) is 0 Å². The van der Waals surface area contributed by atoms with E-state index in [0.29, 0.717) is 46.1 Å². The standard InChI is InChI=1S/C24H25N3O5S/c1-29-16-6-7-19(21(10-16)31-3)26-13-27-23(28)11-17(18(12-25)24(27)33-14-26)15-5-8-20(30-2)22(9-15)32-4/h5-10,17H,11,13-14H2,1-4H3/t17-/m1/s1. The summed E-state index contributed by atoms with van der Waals surface area (Å²) in [6, 6.07) is 13.5. The Morgan fingerprint density at radius 1 is 0.970 bits per heavy atom. The lowest BCUT2D eigenvalue weighted by Crippen LogP contribution is -2.47. The van der Waals surface area contributed by atoms with Crippen LogP contribution in [0.25, 0.3) is 0 Å². The first-order valence-electron chi connectivity index (χ1n) is 10.3. The molecule has 1 amide bonds. The van der Waals surface area contributed by atoms with Gasteiger partial charge < -0.3 is 23.8 Å². The number of thioether (sulfide) groups is 1. The first-order chi connectivity index (χ1) is 16.0. The Bertz CT molecular complexity index is 1140. The average molecular weight is 468 g/mol. The van der Waals surface area contributed by atoms with Gasteiger partial charge in [0.05, 0.1) is 63.3 Å². The van der Waals surface area contributed by atoms with Crippen LogP contribution in [0, 0.1) is 11.3 Å². The van der Waals surface area contributed by atoms with Gasteiger partial charge in [0.1, 0.15) is 11.5 Å². The van der Waals surface area contributed by atoms with Crippen LogP contribution < -0.4 is 23.8 Å². The number of carbonyl (C=O) groups is 1. The van der Waals surface area contributed by atoms with Crippen molar-refractivity contribution < 1.29 is 23.7 Å².